The molecule has 84 heavy (non-hydrogen) atoms. The molecule has 0 aromatic heterocycles. The van der Waals surface area contributed by atoms with Gasteiger partial charge in [0.1, 0.15) is 19.3 Å². The van der Waals surface area contributed by atoms with Gasteiger partial charge >= 0.3 is 13.8 Å². The number of carbonyl (C=O) groups is 2. The average Bonchev–Trinajstić information content (AvgIpc) is 3.65. The number of phosphoric ester groups is 1. The summed E-state index contributed by atoms with van der Waals surface area (Å²) in [6, 6.07) is -0.876. The van der Waals surface area contributed by atoms with Crippen molar-refractivity contribution in [2.24, 2.45) is 0 Å². The van der Waals surface area contributed by atoms with Gasteiger partial charge < -0.3 is 19.4 Å². The highest BCUT2D eigenvalue weighted by Gasteiger charge is 2.30. The molecule has 1 amide bonds. The molecular formula is C74H128N2O7P+. The van der Waals surface area contributed by atoms with Crippen LogP contribution in [0, 0.1) is 0 Å². The Labute approximate surface area is 517 Å². The van der Waals surface area contributed by atoms with Gasteiger partial charge in [0.2, 0.25) is 5.91 Å². The number of allylic oxidation sites excluding steroid dienone is 21. The summed E-state index contributed by atoms with van der Waals surface area (Å²) in [7, 11) is 1.45. The monoisotopic (exact) mass is 1190 g/mol. The Morgan fingerprint density at radius 2 is 0.762 bits per heavy atom. The van der Waals surface area contributed by atoms with Crippen molar-refractivity contribution in [2.75, 3.05) is 40.9 Å². The minimum atomic E-state index is -4.47. The largest absolute Gasteiger partial charge is 0.472 e. The lowest BCUT2D eigenvalue weighted by Crippen LogP contribution is -2.47. The van der Waals surface area contributed by atoms with Gasteiger partial charge in [-0.15, -0.1) is 0 Å². The van der Waals surface area contributed by atoms with E-state index in [9.17, 15) is 19.0 Å². The van der Waals surface area contributed by atoms with Crippen LogP contribution in [-0.2, 0) is 27.9 Å². The number of esters is 1. The molecule has 9 nitrogen and oxygen atoms in total. The summed E-state index contributed by atoms with van der Waals surface area (Å²) in [5.74, 6) is -0.553. The second-order valence-corrected chi connectivity index (χ2v) is 25.1. The van der Waals surface area contributed by atoms with E-state index in [1.54, 1.807) is 0 Å². The molecule has 0 rings (SSSR count). The number of phosphoric acid groups is 1. The van der Waals surface area contributed by atoms with Crippen LogP contribution in [0.4, 0.5) is 0 Å². The van der Waals surface area contributed by atoms with Gasteiger partial charge in [-0.25, -0.2) is 4.57 Å². The predicted octanol–water partition coefficient (Wildman–Crippen LogP) is 21.6. The third-order valence-corrected chi connectivity index (χ3v) is 15.3. The highest BCUT2D eigenvalue weighted by atomic mass is 31.2. The highest BCUT2D eigenvalue weighted by molar-refractivity contribution is 7.47. The van der Waals surface area contributed by atoms with Crippen LogP contribution < -0.4 is 5.32 Å². The number of carbonyl (C=O) groups excluding carboxylic acids is 2. The fourth-order valence-electron chi connectivity index (χ4n) is 9.10. The number of nitrogens with zero attached hydrogens (tertiary/aromatic N) is 1. The van der Waals surface area contributed by atoms with Crippen LogP contribution in [0.15, 0.2) is 134 Å². The fraction of sp³-hybridized carbons (Fsp3) is 0.676. The zero-order valence-corrected chi connectivity index (χ0v) is 55.7. The molecule has 480 valence electrons. The number of hydrogen-bond acceptors (Lipinski definition) is 6. The van der Waals surface area contributed by atoms with E-state index in [1.807, 2.05) is 33.3 Å². The standard InChI is InChI=1S/C74H127N2O7P/c1-7-10-13-16-19-22-25-28-30-32-34-36-38-40-42-44-46-48-51-54-57-60-63-66-73(77)75-71(70-82-84(79,80)81-69-68-76(4,5)6)72(65-62-59-56-53-50-27-24-21-18-15-12-9-3)83-74(78)67-64-61-58-55-52-49-47-45-43-41-39-37-35-33-31-29-26-23-20-17-14-11-8-2/h11,14,19-20,22-23,28-31,34-37,40-43,47,49,62,65,71-72H,7-10,12-13,15-18,21,24-27,32-33,38-39,44-46,48,50-61,63-64,66-70H2,1-6H3,(H-,75,77,79,80)/p+1/b14-11-,22-19-,23-20-,30-28-,31-29-,36-34-,37-35-,42-40-,43-41-,49-47-,65-62+. The lowest BCUT2D eigenvalue weighted by atomic mass is 10.0. The third-order valence-electron chi connectivity index (χ3n) is 14.3. The van der Waals surface area contributed by atoms with Crippen LogP contribution >= 0.6 is 7.82 Å². The number of ether oxygens (including phenoxy) is 1. The Kier molecular flexibility index (Phi) is 59.4. The molecule has 0 aliphatic heterocycles. The maximum atomic E-state index is 13.6. The van der Waals surface area contributed by atoms with Gasteiger partial charge in [-0.05, 0) is 128 Å². The summed E-state index contributed by atoms with van der Waals surface area (Å²) in [5.41, 5.74) is 0. The summed E-state index contributed by atoms with van der Waals surface area (Å²) in [4.78, 5) is 37.9. The zero-order valence-electron chi connectivity index (χ0n) is 54.8. The van der Waals surface area contributed by atoms with E-state index >= 15 is 0 Å². The fourth-order valence-corrected chi connectivity index (χ4v) is 9.84. The molecule has 0 aromatic rings. The number of hydrogen-bond donors (Lipinski definition) is 2. The second-order valence-electron chi connectivity index (χ2n) is 23.6. The first-order valence-electron chi connectivity index (χ1n) is 34.0. The smallest absolute Gasteiger partial charge is 0.456 e. The first-order valence-corrected chi connectivity index (χ1v) is 35.5. The molecule has 3 unspecified atom stereocenters. The molecular weight excluding hydrogens is 1060 g/mol. The van der Waals surface area contributed by atoms with Gasteiger partial charge in [-0.1, -0.05) is 264 Å². The quantitative estimate of drug-likeness (QED) is 0.0205. The van der Waals surface area contributed by atoms with E-state index in [0.717, 1.165) is 135 Å². The van der Waals surface area contributed by atoms with Crippen molar-refractivity contribution >= 4 is 19.7 Å². The predicted molar refractivity (Wildman–Crippen MR) is 364 cm³/mol. The summed E-state index contributed by atoms with van der Waals surface area (Å²) < 4.78 is 30.8. The van der Waals surface area contributed by atoms with Crippen molar-refractivity contribution in [3.8, 4) is 0 Å². The number of quaternary nitrogens is 1. The van der Waals surface area contributed by atoms with E-state index in [4.69, 9.17) is 13.8 Å². The van der Waals surface area contributed by atoms with Gasteiger partial charge in [-0.2, -0.15) is 0 Å². The molecule has 0 bridgehead atoms. The van der Waals surface area contributed by atoms with E-state index in [2.05, 4.69) is 148 Å². The van der Waals surface area contributed by atoms with Gasteiger partial charge in [-0.3, -0.25) is 18.6 Å². The lowest BCUT2D eigenvalue weighted by molar-refractivity contribution is -0.870. The Balaban J connectivity index is 5.24. The normalized spacial score (nSPS) is 14.4. The van der Waals surface area contributed by atoms with Crippen LogP contribution in [0.3, 0.4) is 0 Å². The van der Waals surface area contributed by atoms with Crippen LogP contribution in [0.2, 0.25) is 0 Å². The number of amides is 1. The van der Waals surface area contributed by atoms with Crippen molar-refractivity contribution in [3.63, 3.8) is 0 Å². The minimum Gasteiger partial charge on any atom is -0.456 e. The molecule has 0 aliphatic rings. The van der Waals surface area contributed by atoms with Crippen LogP contribution in [0.5, 0.6) is 0 Å². The van der Waals surface area contributed by atoms with Crippen molar-refractivity contribution < 1.29 is 37.3 Å². The highest BCUT2D eigenvalue weighted by Crippen LogP contribution is 2.43. The molecule has 3 atom stereocenters. The summed E-state index contributed by atoms with van der Waals surface area (Å²) in [6.07, 6.45) is 88.8. The second kappa shape index (κ2) is 62.2. The molecule has 0 heterocycles. The third kappa shape index (κ3) is 62.7. The van der Waals surface area contributed by atoms with Gasteiger partial charge in [0.15, 0.2) is 0 Å². The van der Waals surface area contributed by atoms with Gasteiger partial charge in [0.05, 0.1) is 33.8 Å². The van der Waals surface area contributed by atoms with Crippen molar-refractivity contribution in [1.29, 1.82) is 0 Å². The van der Waals surface area contributed by atoms with Gasteiger partial charge in [0.25, 0.3) is 0 Å². The maximum Gasteiger partial charge on any atom is 0.472 e. The molecule has 0 aliphatic carbocycles. The Hall–Kier alpha value is -3.85. The average molecular weight is 1190 g/mol. The summed E-state index contributed by atoms with van der Waals surface area (Å²) in [6.45, 7) is 6.84. The van der Waals surface area contributed by atoms with Gasteiger partial charge in [0, 0.05) is 12.8 Å². The van der Waals surface area contributed by atoms with E-state index in [1.165, 1.54) is 96.3 Å². The SMILES string of the molecule is CC/C=C\C/C=C\C/C=C\C/C=C\C/C=C\C/C=C\CCCCCCC(=O)OC(/C=C/CCCCCCCCCCCC)C(COP(=O)(O)OCC[N+](C)(C)C)NC(=O)CCCCCCCCC/C=C\C/C=C\C/C=C\C/C=C\CCCCC. The van der Waals surface area contributed by atoms with Crippen molar-refractivity contribution in [1.82, 2.24) is 5.32 Å². The number of nitrogens with one attached hydrogen (secondary N) is 1. The molecule has 2 N–H and O–H groups in total. The maximum absolute atomic E-state index is 13.6. The zero-order chi connectivity index (χ0) is 61.4. The summed E-state index contributed by atoms with van der Waals surface area (Å²) in [5, 5.41) is 3.05. The lowest BCUT2D eigenvalue weighted by Gasteiger charge is -2.27. The first-order chi connectivity index (χ1) is 40.9. The number of likely N-dealkylation sites (N-methyl/N-ethyl adjacent to an activating group) is 1. The van der Waals surface area contributed by atoms with Crippen LogP contribution in [0.25, 0.3) is 0 Å². The van der Waals surface area contributed by atoms with E-state index in [0.29, 0.717) is 23.9 Å². The minimum absolute atomic E-state index is 0.0260. The number of unbranched alkanes of at least 4 members (excludes halogenated alkanes) is 24. The first kappa shape index (κ1) is 80.2. The van der Waals surface area contributed by atoms with Crippen LogP contribution in [-0.4, -0.2) is 74.3 Å². The molecule has 0 fully saturated rings. The topological polar surface area (TPSA) is 111 Å². The summed E-state index contributed by atoms with van der Waals surface area (Å²) >= 11 is 0. The van der Waals surface area contributed by atoms with Crippen molar-refractivity contribution in [3.05, 3.63) is 134 Å². The molecule has 0 spiro atoms. The van der Waals surface area contributed by atoms with Crippen molar-refractivity contribution in [2.45, 2.75) is 283 Å². The Morgan fingerprint density at radius 3 is 1.17 bits per heavy atom. The van der Waals surface area contributed by atoms with Crippen LogP contribution in [0.1, 0.15) is 271 Å². The van der Waals surface area contributed by atoms with E-state index < -0.39 is 20.0 Å². The molecule has 0 aromatic carbocycles. The Morgan fingerprint density at radius 1 is 0.429 bits per heavy atom. The molecule has 0 saturated heterocycles. The molecule has 0 radical (unpaired) electrons. The van der Waals surface area contributed by atoms with E-state index in [-0.39, 0.29) is 31.5 Å². The number of rotatable bonds is 60. The molecule has 10 heteroatoms. The Bertz CT molecular complexity index is 1900. The molecule has 0 saturated carbocycles.